The molecule has 2 rings (SSSR count). The van der Waals surface area contributed by atoms with Gasteiger partial charge in [-0.2, -0.15) is 0 Å². The number of halogens is 1. The second-order valence-electron chi connectivity index (χ2n) is 5.63. The molecular formula is C19H23BrN2O4S. The summed E-state index contributed by atoms with van der Waals surface area (Å²) in [5.74, 6) is -0.519. The van der Waals surface area contributed by atoms with Gasteiger partial charge in [-0.1, -0.05) is 15.9 Å². The lowest BCUT2D eigenvalue weighted by atomic mass is 10.2. The Hall–Kier alpha value is -1.77. The number of benzene rings is 1. The van der Waals surface area contributed by atoms with Crippen molar-refractivity contribution in [2.45, 2.75) is 26.8 Å². The lowest BCUT2D eigenvalue weighted by Gasteiger charge is -2.22. The molecule has 27 heavy (non-hydrogen) atoms. The van der Waals surface area contributed by atoms with Gasteiger partial charge in [-0.25, -0.2) is 9.78 Å². The van der Waals surface area contributed by atoms with Crippen molar-refractivity contribution in [2.24, 2.45) is 0 Å². The molecule has 146 valence electrons. The predicted molar refractivity (Wildman–Crippen MR) is 108 cm³/mol. The Morgan fingerprint density at radius 3 is 2.59 bits per heavy atom. The second kappa shape index (κ2) is 11.2. The Morgan fingerprint density at radius 2 is 1.93 bits per heavy atom. The number of rotatable bonds is 10. The largest absolute Gasteiger partial charge is 0.461 e. The van der Waals surface area contributed by atoms with Gasteiger partial charge < -0.3 is 14.4 Å². The Morgan fingerprint density at radius 1 is 1.19 bits per heavy atom. The smallest absolute Gasteiger partial charge is 0.357 e. The normalized spacial score (nSPS) is 10.6. The van der Waals surface area contributed by atoms with Gasteiger partial charge in [-0.15, -0.1) is 11.3 Å². The summed E-state index contributed by atoms with van der Waals surface area (Å²) in [4.78, 5) is 30.8. The minimum absolute atomic E-state index is 0.0770. The molecule has 0 radical (unpaired) electrons. The molecule has 1 heterocycles. The van der Waals surface area contributed by atoms with E-state index >= 15 is 0 Å². The van der Waals surface area contributed by atoms with Crippen molar-refractivity contribution >= 4 is 39.1 Å². The Kier molecular flexibility index (Phi) is 8.90. The van der Waals surface area contributed by atoms with Crippen molar-refractivity contribution in [3.63, 3.8) is 0 Å². The number of hydrogen-bond donors (Lipinski definition) is 0. The van der Waals surface area contributed by atoms with Crippen molar-refractivity contribution in [2.75, 3.05) is 26.4 Å². The van der Waals surface area contributed by atoms with Crippen LogP contribution in [0.4, 0.5) is 0 Å². The average Bonchev–Trinajstić information content (AvgIpc) is 3.13. The second-order valence-corrected chi connectivity index (χ2v) is 7.49. The van der Waals surface area contributed by atoms with Crippen LogP contribution in [0.3, 0.4) is 0 Å². The van der Waals surface area contributed by atoms with E-state index in [1.165, 1.54) is 11.3 Å². The van der Waals surface area contributed by atoms with Crippen LogP contribution in [0.2, 0.25) is 0 Å². The number of aromatic nitrogens is 1. The van der Waals surface area contributed by atoms with Gasteiger partial charge in [0.25, 0.3) is 5.91 Å². The molecule has 1 aromatic heterocycles. The van der Waals surface area contributed by atoms with E-state index in [0.29, 0.717) is 43.5 Å². The van der Waals surface area contributed by atoms with Crippen LogP contribution in [0.5, 0.6) is 0 Å². The number of carbonyl (C=O) groups excluding carboxylic acids is 2. The summed E-state index contributed by atoms with van der Waals surface area (Å²) in [6.45, 7) is 6.12. The first-order valence-electron chi connectivity index (χ1n) is 8.79. The predicted octanol–water partition coefficient (Wildman–Crippen LogP) is 4.15. The highest BCUT2D eigenvalue weighted by atomic mass is 79.9. The van der Waals surface area contributed by atoms with Crippen LogP contribution in [0, 0.1) is 0 Å². The van der Waals surface area contributed by atoms with Crippen molar-refractivity contribution < 1.29 is 19.1 Å². The number of amides is 1. The highest BCUT2D eigenvalue weighted by molar-refractivity contribution is 9.10. The molecule has 0 fully saturated rings. The van der Waals surface area contributed by atoms with Gasteiger partial charge in [0.15, 0.2) is 5.69 Å². The summed E-state index contributed by atoms with van der Waals surface area (Å²) in [6.07, 6.45) is 0.728. The molecular weight excluding hydrogens is 432 g/mol. The molecule has 0 N–H and O–H groups in total. The first kappa shape index (κ1) is 21.5. The lowest BCUT2D eigenvalue weighted by Crippen LogP contribution is -2.32. The summed E-state index contributed by atoms with van der Waals surface area (Å²) in [7, 11) is 0. The fourth-order valence-corrected chi connectivity index (χ4v) is 3.42. The minimum Gasteiger partial charge on any atom is -0.461 e. The van der Waals surface area contributed by atoms with Crippen molar-refractivity contribution in [3.8, 4) is 0 Å². The number of carbonyl (C=O) groups is 2. The lowest BCUT2D eigenvalue weighted by molar-refractivity contribution is 0.0520. The molecule has 1 aromatic carbocycles. The zero-order chi connectivity index (χ0) is 19.6. The van der Waals surface area contributed by atoms with Crippen LogP contribution < -0.4 is 0 Å². The highest BCUT2D eigenvalue weighted by Gasteiger charge is 2.19. The SMILES string of the molecule is CCOCCCN(Cc1nc(C(=O)OCC)cs1)C(=O)c1ccc(Br)cc1. The Labute approximate surface area is 171 Å². The maximum absolute atomic E-state index is 12.9. The molecule has 0 unspecified atom stereocenters. The van der Waals surface area contributed by atoms with Gasteiger partial charge in [-0.05, 0) is 44.5 Å². The van der Waals surface area contributed by atoms with Crippen LogP contribution in [0.1, 0.15) is 46.1 Å². The van der Waals surface area contributed by atoms with E-state index in [0.717, 1.165) is 10.9 Å². The molecule has 6 nitrogen and oxygen atoms in total. The third-order valence-corrected chi connectivity index (χ3v) is 5.02. The number of thiazole rings is 1. The van der Waals surface area contributed by atoms with E-state index in [-0.39, 0.29) is 11.6 Å². The summed E-state index contributed by atoms with van der Waals surface area (Å²) >= 11 is 4.73. The molecule has 1 amide bonds. The third kappa shape index (κ3) is 6.71. The monoisotopic (exact) mass is 454 g/mol. The van der Waals surface area contributed by atoms with Gasteiger partial charge >= 0.3 is 5.97 Å². The van der Waals surface area contributed by atoms with Gasteiger partial charge in [0.05, 0.1) is 13.2 Å². The molecule has 0 aliphatic rings. The molecule has 0 aliphatic heterocycles. The van der Waals surface area contributed by atoms with Gasteiger partial charge in [0, 0.05) is 35.2 Å². The maximum atomic E-state index is 12.9. The van der Waals surface area contributed by atoms with E-state index in [2.05, 4.69) is 20.9 Å². The molecule has 2 aromatic rings. The summed E-state index contributed by atoms with van der Waals surface area (Å²) in [5.41, 5.74) is 0.888. The zero-order valence-corrected chi connectivity index (χ0v) is 17.8. The molecule has 0 saturated carbocycles. The first-order chi connectivity index (χ1) is 13.0. The molecule has 0 saturated heterocycles. The van der Waals surface area contributed by atoms with Gasteiger partial charge in [0.1, 0.15) is 5.01 Å². The van der Waals surface area contributed by atoms with E-state index in [9.17, 15) is 9.59 Å². The third-order valence-electron chi connectivity index (χ3n) is 3.66. The molecule has 8 heteroatoms. The summed E-state index contributed by atoms with van der Waals surface area (Å²) in [6, 6.07) is 7.25. The summed E-state index contributed by atoms with van der Waals surface area (Å²) in [5, 5.41) is 2.36. The van der Waals surface area contributed by atoms with Gasteiger partial charge in [0.2, 0.25) is 0 Å². The number of esters is 1. The number of hydrogen-bond acceptors (Lipinski definition) is 6. The standard InChI is InChI=1S/C19H23BrN2O4S/c1-3-25-11-5-10-22(18(23)14-6-8-15(20)9-7-14)12-17-21-16(13-27-17)19(24)26-4-2/h6-9,13H,3-5,10-12H2,1-2H3. The molecule has 0 spiro atoms. The fraction of sp³-hybridized carbons (Fsp3) is 0.421. The van der Waals surface area contributed by atoms with E-state index in [4.69, 9.17) is 9.47 Å². The van der Waals surface area contributed by atoms with Crippen LogP contribution in [-0.2, 0) is 16.0 Å². The minimum atomic E-state index is -0.442. The van der Waals surface area contributed by atoms with Crippen molar-refractivity contribution in [1.29, 1.82) is 0 Å². The Balaban J connectivity index is 2.10. The topological polar surface area (TPSA) is 68.7 Å². The maximum Gasteiger partial charge on any atom is 0.357 e. The average molecular weight is 455 g/mol. The van der Waals surface area contributed by atoms with Crippen LogP contribution >= 0.6 is 27.3 Å². The molecule has 0 aliphatic carbocycles. The molecule has 0 bridgehead atoms. The zero-order valence-electron chi connectivity index (χ0n) is 15.4. The van der Waals surface area contributed by atoms with Crippen LogP contribution in [-0.4, -0.2) is 48.1 Å². The van der Waals surface area contributed by atoms with Crippen LogP contribution in [0.15, 0.2) is 34.1 Å². The molecule has 0 atom stereocenters. The van der Waals surface area contributed by atoms with E-state index < -0.39 is 5.97 Å². The quantitative estimate of drug-likeness (QED) is 0.398. The number of nitrogens with zero attached hydrogens (tertiary/aromatic N) is 2. The Bertz CT molecular complexity index is 748. The van der Waals surface area contributed by atoms with Crippen molar-refractivity contribution in [1.82, 2.24) is 9.88 Å². The van der Waals surface area contributed by atoms with Crippen LogP contribution in [0.25, 0.3) is 0 Å². The number of ether oxygens (including phenoxy) is 2. The first-order valence-corrected chi connectivity index (χ1v) is 10.5. The van der Waals surface area contributed by atoms with Crippen molar-refractivity contribution in [3.05, 3.63) is 50.4 Å². The fourth-order valence-electron chi connectivity index (χ4n) is 2.37. The highest BCUT2D eigenvalue weighted by Crippen LogP contribution is 2.17. The van der Waals surface area contributed by atoms with E-state index in [1.54, 1.807) is 29.3 Å². The van der Waals surface area contributed by atoms with Gasteiger partial charge in [-0.3, -0.25) is 4.79 Å². The summed E-state index contributed by atoms with van der Waals surface area (Å²) < 4.78 is 11.3. The van der Waals surface area contributed by atoms with E-state index in [1.807, 2.05) is 19.1 Å².